The molecule has 0 radical (unpaired) electrons. The van der Waals surface area contributed by atoms with Gasteiger partial charge in [0, 0.05) is 23.6 Å². The van der Waals surface area contributed by atoms with Crippen molar-refractivity contribution in [3.8, 4) is 5.75 Å². The van der Waals surface area contributed by atoms with E-state index in [1.165, 1.54) is 16.7 Å². The Morgan fingerprint density at radius 3 is 2.46 bits per heavy atom. The van der Waals surface area contributed by atoms with Gasteiger partial charge in [0.1, 0.15) is 11.9 Å². The van der Waals surface area contributed by atoms with Crippen LogP contribution in [0, 0.1) is 12.8 Å². The molecule has 0 aliphatic carbocycles. The molecule has 2 nitrogen and oxygen atoms in total. The predicted molar refractivity (Wildman–Crippen MR) is 96.2 cm³/mol. The first kappa shape index (κ1) is 14.9. The Morgan fingerprint density at radius 1 is 0.917 bits per heavy atom. The number of aromatic nitrogens is 1. The first-order chi connectivity index (χ1) is 11.7. The molecule has 2 aromatic carbocycles. The van der Waals surface area contributed by atoms with E-state index in [1.807, 2.05) is 18.3 Å². The molecule has 0 N–H and O–H groups in total. The van der Waals surface area contributed by atoms with Crippen molar-refractivity contribution in [1.82, 2.24) is 4.98 Å². The van der Waals surface area contributed by atoms with Crippen molar-refractivity contribution in [1.29, 1.82) is 0 Å². The van der Waals surface area contributed by atoms with Crippen LogP contribution in [-0.4, -0.2) is 4.98 Å². The van der Waals surface area contributed by atoms with E-state index >= 15 is 0 Å². The second-order valence-corrected chi connectivity index (χ2v) is 6.58. The summed E-state index contributed by atoms with van der Waals surface area (Å²) in [5, 5.41) is 0. The third-order valence-corrected chi connectivity index (χ3v) is 4.90. The molecular formula is C22H21NO. The fourth-order valence-corrected chi connectivity index (χ4v) is 3.74. The molecule has 0 unspecified atom stereocenters. The highest BCUT2D eigenvalue weighted by atomic mass is 16.5. The molecule has 0 bridgehead atoms. The maximum Gasteiger partial charge on any atom is 0.144 e. The molecule has 2 heterocycles. The Morgan fingerprint density at radius 2 is 1.71 bits per heavy atom. The molecule has 0 saturated carbocycles. The lowest BCUT2D eigenvalue weighted by molar-refractivity contribution is 0.107. The van der Waals surface area contributed by atoms with Crippen molar-refractivity contribution < 1.29 is 4.74 Å². The van der Waals surface area contributed by atoms with E-state index in [1.54, 1.807) is 0 Å². The first-order valence-corrected chi connectivity index (χ1v) is 8.47. The maximum absolute atomic E-state index is 6.37. The summed E-state index contributed by atoms with van der Waals surface area (Å²) in [6, 6.07) is 23.2. The normalized spacial score (nSPS) is 22.5. The average Bonchev–Trinajstić information content (AvgIpc) is 2.63. The molecule has 2 heteroatoms. The van der Waals surface area contributed by atoms with Crippen LogP contribution in [0.5, 0.6) is 5.75 Å². The number of aryl methyl sites for hydroxylation is 1. The van der Waals surface area contributed by atoms with Crippen LogP contribution >= 0.6 is 0 Å². The highest BCUT2D eigenvalue weighted by Gasteiger charge is 2.37. The molecular weight excluding hydrogens is 294 g/mol. The van der Waals surface area contributed by atoms with Crippen molar-refractivity contribution >= 4 is 0 Å². The van der Waals surface area contributed by atoms with E-state index in [9.17, 15) is 0 Å². The zero-order valence-corrected chi connectivity index (χ0v) is 14.0. The molecule has 4 rings (SSSR count). The Hall–Kier alpha value is -2.61. The zero-order valence-electron chi connectivity index (χ0n) is 14.0. The lowest BCUT2D eigenvalue weighted by Gasteiger charge is -2.38. The van der Waals surface area contributed by atoms with Gasteiger partial charge in [-0.1, -0.05) is 61.0 Å². The number of fused-ring (bicyclic) bond motifs is 1. The van der Waals surface area contributed by atoms with Gasteiger partial charge in [0.05, 0.1) is 5.69 Å². The SMILES string of the molecule is Cc1ccc2c(c1)[C@H](c1ccccc1)[C@@H](C)[C@@H](c1ccccn1)O2. The predicted octanol–water partition coefficient (Wildman–Crippen LogP) is 5.29. The number of hydrogen-bond acceptors (Lipinski definition) is 2. The van der Waals surface area contributed by atoms with E-state index in [0.717, 1.165) is 11.4 Å². The van der Waals surface area contributed by atoms with Crippen molar-refractivity contribution in [2.24, 2.45) is 5.92 Å². The van der Waals surface area contributed by atoms with Gasteiger partial charge < -0.3 is 4.74 Å². The number of pyridine rings is 1. The fourth-order valence-electron chi connectivity index (χ4n) is 3.74. The Labute approximate surface area is 143 Å². The summed E-state index contributed by atoms with van der Waals surface area (Å²) in [7, 11) is 0. The number of nitrogens with zero attached hydrogens (tertiary/aromatic N) is 1. The van der Waals surface area contributed by atoms with Gasteiger partial charge in [-0.15, -0.1) is 0 Å². The summed E-state index contributed by atoms with van der Waals surface area (Å²) in [5.74, 6) is 1.58. The summed E-state index contributed by atoms with van der Waals surface area (Å²) >= 11 is 0. The number of ether oxygens (including phenoxy) is 1. The molecule has 0 fully saturated rings. The van der Waals surface area contributed by atoms with Gasteiger partial charge >= 0.3 is 0 Å². The first-order valence-electron chi connectivity index (χ1n) is 8.47. The number of benzene rings is 2. The quantitative estimate of drug-likeness (QED) is 0.641. The number of rotatable bonds is 2. The van der Waals surface area contributed by atoms with Gasteiger partial charge in [0.15, 0.2) is 0 Å². The van der Waals surface area contributed by atoms with Gasteiger partial charge in [-0.2, -0.15) is 0 Å². The van der Waals surface area contributed by atoms with E-state index < -0.39 is 0 Å². The van der Waals surface area contributed by atoms with Crippen molar-refractivity contribution in [3.05, 3.63) is 95.3 Å². The van der Waals surface area contributed by atoms with Crippen LogP contribution in [-0.2, 0) is 0 Å². The smallest absolute Gasteiger partial charge is 0.144 e. The lowest BCUT2D eigenvalue weighted by atomic mass is 9.75. The van der Waals surface area contributed by atoms with Crippen LogP contribution in [0.2, 0.25) is 0 Å². The zero-order chi connectivity index (χ0) is 16.5. The minimum atomic E-state index is -0.0355. The van der Waals surface area contributed by atoms with Crippen LogP contribution in [0.1, 0.15) is 41.3 Å². The molecule has 0 saturated heterocycles. The molecule has 0 spiro atoms. The van der Waals surface area contributed by atoms with E-state index in [-0.39, 0.29) is 6.10 Å². The van der Waals surface area contributed by atoms with Crippen LogP contribution in [0.3, 0.4) is 0 Å². The number of hydrogen-bond donors (Lipinski definition) is 0. The Bertz CT molecular complexity index is 829. The standard InChI is InChI=1S/C22H21NO/c1-15-11-12-20-18(14-15)21(17-8-4-3-5-9-17)16(2)22(24-20)19-10-6-7-13-23-19/h3-14,16,21-22H,1-2H3/t16-,21+,22+/m1/s1. The van der Waals surface area contributed by atoms with Crippen molar-refractivity contribution in [2.75, 3.05) is 0 Å². The van der Waals surface area contributed by atoms with Gasteiger partial charge in [-0.05, 0) is 30.7 Å². The van der Waals surface area contributed by atoms with Crippen LogP contribution in [0.15, 0.2) is 72.9 Å². The minimum Gasteiger partial charge on any atom is -0.484 e. The Kier molecular flexibility index (Phi) is 3.81. The largest absolute Gasteiger partial charge is 0.484 e. The third kappa shape index (κ3) is 2.58. The average molecular weight is 315 g/mol. The second-order valence-electron chi connectivity index (χ2n) is 6.58. The fraction of sp³-hybridized carbons (Fsp3) is 0.227. The van der Waals surface area contributed by atoms with Crippen LogP contribution in [0.25, 0.3) is 0 Å². The molecule has 3 aromatic rings. The maximum atomic E-state index is 6.37. The molecule has 0 amide bonds. The second kappa shape index (κ2) is 6.12. The summed E-state index contributed by atoms with van der Waals surface area (Å²) in [4.78, 5) is 4.55. The van der Waals surface area contributed by atoms with Gasteiger partial charge in [0.2, 0.25) is 0 Å². The highest BCUT2D eigenvalue weighted by Crippen LogP contribution is 2.48. The van der Waals surface area contributed by atoms with Crippen LogP contribution in [0.4, 0.5) is 0 Å². The van der Waals surface area contributed by atoms with E-state index in [4.69, 9.17) is 4.74 Å². The molecule has 24 heavy (non-hydrogen) atoms. The Balaban J connectivity index is 1.85. The molecule has 1 aliphatic heterocycles. The monoisotopic (exact) mass is 315 g/mol. The van der Waals surface area contributed by atoms with Crippen LogP contribution < -0.4 is 4.74 Å². The summed E-state index contributed by atoms with van der Waals surface area (Å²) in [6.07, 6.45) is 1.81. The molecule has 1 aromatic heterocycles. The summed E-state index contributed by atoms with van der Waals surface area (Å²) < 4.78 is 6.37. The molecule has 1 aliphatic rings. The van der Waals surface area contributed by atoms with Crippen molar-refractivity contribution in [3.63, 3.8) is 0 Å². The van der Waals surface area contributed by atoms with Gasteiger partial charge in [-0.25, -0.2) is 0 Å². The van der Waals surface area contributed by atoms with E-state index in [0.29, 0.717) is 11.8 Å². The lowest BCUT2D eigenvalue weighted by Crippen LogP contribution is -2.29. The summed E-state index contributed by atoms with van der Waals surface area (Å²) in [5.41, 5.74) is 4.88. The highest BCUT2D eigenvalue weighted by molar-refractivity contribution is 5.47. The molecule has 120 valence electrons. The minimum absolute atomic E-state index is 0.0355. The van der Waals surface area contributed by atoms with E-state index in [2.05, 4.69) is 73.4 Å². The van der Waals surface area contributed by atoms with Gasteiger partial charge in [0.25, 0.3) is 0 Å². The van der Waals surface area contributed by atoms with Gasteiger partial charge in [-0.3, -0.25) is 4.98 Å². The molecule has 3 atom stereocenters. The topological polar surface area (TPSA) is 22.1 Å². The summed E-state index contributed by atoms with van der Waals surface area (Å²) in [6.45, 7) is 4.40. The third-order valence-electron chi connectivity index (χ3n) is 4.90. The van der Waals surface area contributed by atoms with Crippen molar-refractivity contribution in [2.45, 2.75) is 25.9 Å².